The zero-order valence-electron chi connectivity index (χ0n) is 14.9. The van der Waals surface area contributed by atoms with Crippen molar-refractivity contribution in [3.05, 3.63) is 76.9 Å². The predicted molar refractivity (Wildman–Crippen MR) is 97.6 cm³/mol. The molecule has 0 radical (unpaired) electrons. The average Bonchev–Trinajstić information content (AvgIpc) is 2.96. The van der Waals surface area contributed by atoms with E-state index in [0.29, 0.717) is 18.0 Å². The molecule has 0 fully saturated rings. The fourth-order valence-electron chi connectivity index (χ4n) is 2.83. The molecule has 3 rings (SSSR count). The number of benzene rings is 2. The summed E-state index contributed by atoms with van der Waals surface area (Å²) < 4.78 is 19.6. The highest BCUT2D eigenvalue weighted by atomic mass is 19.1. The van der Waals surface area contributed by atoms with Gasteiger partial charge in [0.15, 0.2) is 0 Å². The highest BCUT2D eigenvalue weighted by Gasteiger charge is 2.15. The third kappa shape index (κ3) is 4.15. The largest absolute Gasteiger partial charge is 0.441 e. The Morgan fingerprint density at radius 1 is 1.00 bits per heavy atom. The van der Waals surface area contributed by atoms with E-state index in [9.17, 15) is 4.39 Å². The van der Waals surface area contributed by atoms with Gasteiger partial charge >= 0.3 is 0 Å². The molecule has 4 heteroatoms. The van der Waals surface area contributed by atoms with Crippen molar-refractivity contribution in [3.63, 3.8) is 0 Å². The van der Waals surface area contributed by atoms with Crippen LogP contribution in [-0.2, 0) is 19.5 Å². The second-order valence-corrected chi connectivity index (χ2v) is 6.34. The number of oxazole rings is 1. The second kappa shape index (κ2) is 7.62. The van der Waals surface area contributed by atoms with Crippen LogP contribution in [0.2, 0.25) is 0 Å². The maximum Gasteiger partial charge on any atom is 0.229 e. The molecule has 0 spiro atoms. The Morgan fingerprint density at radius 2 is 1.68 bits per heavy atom. The van der Waals surface area contributed by atoms with E-state index in [2.05, 4.69) is 41.1 Å². The number of hydrogen-bond donors (Lipinski definition) is 0. The Hall–Kier alpha value is -2.46. The van der Waals surface area contributed by atoms with Crippen molar-refractivity contribution in [2.45, 2.75) is 33.4 Å². The highest BCUT2D eigenvalue weighted by molar-refractivity contribution is 5.54. The molecule has 3 aromatic rings. The number of aryl methyl sites for hydroxylation is 2. The molecule has 0 saturated carbocycles. The number of hydrogen-bond acceptors (Lipinski definition) is 3. The van der Waals surface area contributed by atoms with Crippen molar-refractivity contribution in [2.75, 3.05) is 7.05 Å². The quantitative estimate of drug-likeness (QED) is 0.634. The normalized spacial score (nSPS) is 11.2. The van der Waals surface area contributed by atoms with Crippen LogP contribution < -0.4 is 0 Å². The van der Waals surface area contributed by atoms with Crippen molar-refractivity contribution < 1.29 is 8.81 Å². The Labute approximate surface area is 148 Å². The number of aromatic nitrogens is 1. The van der Waals surface area contributed by atoms with Crippen LogP contribution in [0.25, 0.3) is 11.5 Å². The maximum atomic E-state index is 13.9. The fourth-order valence-corrected chi connectivity index (χ4v) is 2.83. The lowest BCUT2D eigenvalue weighted by Crippen LogP contribution is -2.18. The number of halogens is 1. The van der Waals surface area contributed by atoms with Gasteiger partial charge in [0.25, 0.3) is 0 Å². The van der Waals surface area contributed by atoms with Crippen LogP contribution in [-0.4, -0.2) is 16.9 Å². The topological polar surface area (TPSA) is 29.3 Å². The van der Waals surface area contributed by atoms with E-state index in [1.54, 1.807) is 18.2 Å². The molecule has 0 aliphatic carbocycles. The molecule has 1 aromatic heterocycles. The smallest absolute Gasteiger partial charge is 0.229 e. The summed E-state index contributed by atoms with van der Waals surface area (Å²) in [6, 6.07) is 15.2. The average molecular weight is 338 g/mol. The lowest BCUT2D eigenvalue weighted by atomic mass is 10.1. The third-order valence-corrected chi connectivity index (χ3v) is 4.30. The van der Waals surface area contributed by atoms with Gasteiger partial charge in [0.2, 0.25) is 5.89 Å². The maximum absolute atomic E-state index is 13.9. The highest BCUT2D eigenvalue weighted by Crippen LogP contribution is 2.25. The molecular weight excluding hydrogens is 315 g/mol. The van der Waals surface area contributed by atoms with Crippen molar-refractivity contribution in [1.29, 1.82) is 0 Å². The molecule has 0 unspecified atom stereocenters. The molecule has 3 nitrogen and oxygen atoms in total. The van der Waals surface area contributed by atoms with Gasteiger partial charge in [-0.05, 0) is 43.7 Å². The lowest BCUT2D eigenvalue weighted by Gasteiger charge is -2.15. The van der Waals surface area contributed by atoms with E-state index in [0.717, 1.165) is 24.4 Å². The molecule has 0 saturated heterocycles. The molecule has 2 aromatic carbocycles. The molecule has 130 valence electrons. The zero-order chi connectivity index (χ0) is 17.8. The summed E-state index contributed by atoms with van der Waals surface area (Å²) in [6.45, 7) is 5.50. The third-order valence-electron chi connectivity index (χ3n) is 4.30. The van der Waals surface area contributed by atoms with Crippen LogP contribution in [0.1, 0.15) is 29.5 Å². The van der Waals surface area contributed by atoms with Crippen LogP contribution in [0.3, 0.4) is 0 Å². The van der Waals surface area contributed by atoms with E-state index in [1.807, 2.05) is 14.0 Å². The zero-order valence-corrected chi connectivity index (χ0v) is 14.9. The molecule has 0 aliphatic rings. The number of rotatable bonds is 6. The van der Waals surface area contributed by atoms with Gasteiger partial charge in [-0.2, -0.15) is 0 Å². The Bertz CT molecular complexity index is 839. The standard InChI is InChI=1S/C21H23FN2O/c1-4-16-9-11-17(12-10-16)13-24(3)14-20-15(2)25-21(23-20)18-7-5-6-8-19(18)22/h5-12H,4,13-14H2,1-3H3. The van der Waals surface area contributed by atoms with E-state index in [4.69, 9.17) is 4.42 Å². The molecule has 1 heterocycles. The van der Waals surface area contributed by atoms with Crippen molar-refractivity contribution in [2.24, 2.45) is 0 Å². The summed E-state index contributed by atoms with van der Waals surface area (Å²) in [6.07, 6.45) is 1.05. The van der Waals surface area contributed by atoms with E-state index in [-0.39, 0.29) is 5.82 Å². The van der Waals surface area contributed by atoms with Gasteiger partial charge < -0.3 is 4.42 Å². The molecule has 0 amide bonds. The second-order valence-electron chi connectivity index (χ2n) is 6.34. The summed E-state index contributed by atoms with van der Waals surface area (Å²) >= 11 is 0. The molecular formula is C21H23FN2O. The number of nitrogens with zero attached hydrogens (tertiary/aromatic N) is 2. The summed E-state index contributed by atoms with van der Waals surface area (Å²) in [4.78, 5) is 6.68. The molecule has 0 aliphatic heterocycles. The first-order valence-corrected chi connectivity index (χ1v) is 8.54. The minimum absolute atomic E-state index is 0.320. The Morgan fingerprint density at radius 3 is 2.36 bits per heavy atom. The van der Waals surface area contributed by atoms with Crippen LogP contribution in [0.5, 0.6) is 0 Å². The first kappa shape index (κ1) is 17.4. The molecule has 0 atom stereocenters. The van der Waals surface area contributed by atoms with Crippen molar-refractivity contribution in [3.8, 4) is 11.5 Å². The Balaban J connectivity index is 1.71. The monoisotopic (exact) mass is 338 g/mol. The fraction of sp³-hybridized carbons (Fsp3) is 0.286. The van der Waals surface area contributed by atoms with Gasteiger partial charge in [-0.3, -0.25) is 4.90 Å². The summed E-state index contributed by atoms with van der Waals surface area (Å²) in [5.41, 5.74) is 3.84. The minimum atomic E-state index is -0.320. The van der Waals surface area contributed by atoms with Gasteiger partial charge in [0.1, 0.15) is 11.6 Å². The van der Waals surface area contributed by atoms with E-state index >= 15 is 0 Å². The van der Waals surface area contributed by atoms with Gasteiger partial charge in [0.05, 0.1) is 11.3 Å². The first-order chi connectivity index (χ1) is 12.1. The molecule has 0 bridgehead atoms. The predicted octanol–water partition coefficient (Wildman–Crippen LogP) is 4.98. The van der Waals surface area contributed by atoms with E-state index < -0.39 is 0 Å². The van der Waals surface area contributed by atoms with Gasteiger partial charge in [0, 0.05) is 13.1 Å². The van der Waals surface area contributed by atoms with Crippen molar-refractivity contribution >= 4 is 0 Å². The summed E-state index contributed by atoms with van der Waals surface area (Å²) in [5, 5.41) is 0. The summed E-state index contributed by atoms with van der Waals surface area (Å²) in [7, 11) is 2.05. The van der Waals surface area contributed by atoms with E-state index in [1.165, 1.54) is 17.2 Å². The SMILES string of the molecule is CCc1ccc(CN(C)Cc2nc(-c3ccccc3F)oc2C)cc1. The van der Waals surface area contributed by atoms with Crippen molar-refractivity contribution in [1.82, 2.24) is 9.88 Å². The van der Waals surface area contributed by atoms with Crippen LogP contribution in [0.4, 0.5) is 4.39 Å². The van der Waals surface area contributed by atoms with Crippen LogP contribution in [0.15, 0.2) is 52.9 Å². The summed E-state index contributed by atoms with van der Waals surface area (Å²) in [5.74, 6) is 0.748. The molecule has 25 heavy (non-hydrogen) atoms. The molecule has 0 N–H and O–H groups in total. The van der Waals surface area contributed by atoms with Gasteiger partial charge in [-0.15, -0.1) is 0 Å². The lowest BCUT2D eigenvalue weighted by molar-refractivity contribution is 0.313. The Kier molecular flexibility index (Phi) is 5.29. The first-order valence-electron chi connectivity index (χ1n) is 8.54. The minimum Gasteiger partial charge on any atom is -0.441 e. The van der Waals surface area contributed by atoms with Gasteiger partial charge in [-0.1, -0.05) is 43.3 Å². The van der Waals surface area contributed by atoms with Crippen LogP contribution in [0, 0.1) is 12.7 Å². The van der Waals surface area contributed by atoms with Gasteiger partial charge in [-0.25, -0.2) is 9.37 Å². The van der Waals surface area contributed by atoms with Crippen LogP contribution >= 0.6 is 0 Å².